The Labute approximate surface area is 156 Å². The van der Waals surface area contributed by atoms with Crippen LogP contribution in [0.2, 0.25) is 0 Å². The highest BCUT2D eigenvalue weighted by Gasteiger charge is 2.25. The van der Waals surface area contributed by atoms with Crippen LogP contribution in [0.25, 0.3) is 0 Å². The van der Waals surface area contributed by atoms with Crippen molar-refractivity contribution in [3.8, 4) is 0 Å². The summed E-state index contributed by atoms with van der Waals surface area (Å²) in [6, 6.07) is 10.6. The highest BCUT2D eigenvalue weighted by molar-refractivity contribution is 5.76. The number of hydrogen-bond acceptors (Lipinski definition) is 3. The smallest absolute Gasteiger partial charge is 0.222 e. The SMILES string of the molecule is CCN(C[C@@H]1CCN(Cc2ccccc2)C1)C(=O)CCCn1ccnc1. The Morgan fingerprint density at radius 1 is 1.31 bits per heavy atom. The number of carbonyl (C=O) groups is 1. The summed E-state index contributed by atoms with van der Waals surface area (Å²) in [6.45, 7) is 7.88. The van der Waals surface area contributed by atoms with E-state index in [-0.39, 0.29) is 5.91 Å². The summed E-state index contributed by atoms with van der Waals surface area (Å²) in [7, 11) is 0. The Hall–Kier alpha value is -2.14. The molecule has 26 heavy (non-hydrogen) atoms. The average molecular weight is 354 g/mol. The van der Waals surface area contributed by atoms with E-state index in [1.165, 1.54) is 12.0 Å². The normalized spacial score (nSPS) is 17.5. The number of hydrogen-bond donors (Lipinski definition) is 0. The maximum Gasteiger partial charge on any atom is 0.222 e. The second kappa shape index (κ2) is 9.53. The lowest BCUT2D eigenvalue weighted by Gasteiger charge is -2.25. The van der Waals surface area contributed by atoms with Gasteiger partial charge in [0, 0.05) is 51.5 Å². The number of rotatable bonds is 9. The number of amides is 1. The predicted octanol–water partition coefficient (Wildman–Crippen LogP) is 3.03. The molecule has 0 N–H and O–H groups in total. The zero-order valence-electron chi connectivity index (χ0n) is 15.8. The molecule has 1 aliphatic rings. The quantitative estimate of drug-likeness (QED) is 0.695. The van der Waals surface area contributed by atoms with Gasteiger partial charge in [-0.2, -0.15) is 0 Å². The fourth-order valence-electron chi connectivity index (χ4n) is 3.76. The number of nitrogens with zero attached hydrogens (tertiary/aromatic N) is 4. The van der Waals surface area contributed by atoms with Crippen LogP contribution >= 0.6 is 0 Å². The first kappa shape index (κ1) is 18.6. The molecule has 5 nitrogen and oxygen atoms in total. The Kier molecular flexibility index (Phi) is 6.83. The van der Waals surface area contributed by atoms with Crippen LogP contribution in [0, 0.1) is 5.92 Å². The first-order valence-corrected chi connectivity index (χ1v) is 9.74. The van der Waals surface area contributed by atoms with E-state index in [9.17, 15) is 4.79 Å². The molecule has 1 amide bonds. The molecule has 2 aromatic rings. The highest BCUT2D eigenvalue weighted by Crippen LogP contribution is 2.20. The summed E-state index contributed by atoms with van der Waals surface area (Å²) in [5.74, 6) is 0.880. The molecule has 140 valence electrons. The molecule has 1 aromatic carbocycles. The minimum atomic E-state index is 0.286. The molecule has 1 saturated heterocycles. The molecule has 1 atom stereocenters. The molecule has 0 spiro atoms. The first-order chi connectivity index (χ1) is 12.7. The minimum absolute atomic E-state index is 0.286. The second-order valence-corrected chi connectivity index (χ2v) is 7.21. The van der Waals surface area contributed by atoms with Crippen LogP contribution in [0.3, 0.4) is 0 Å². The van der Waals surface area contributed by atoms with Crippen molar-refractivity contribution in [1.29, 1.82) is 0 Å². The van der Waals surface area contributed by atoms with Crippen molar-refractivity contribution in [1.82, 2.24) is 19.4 Å². The van der Waals surface area contributed by atoms with Gasteiger partial charge in [0.1, 0.15) is 0 Å². The summed E-state index contributed by atoms with van der Waals surface area (Å²) in [4.78, 5) is 21.1. The Balaban J connectivity index is 1.40. The van der Waals surface area contributed by atoms with Gasteiger partial charge in [0.15, 0.2) is 0 Å². The molecule has 1 fully saturated rings. The van der Waals surface area contributed by atoms with Gasteiger partial charge >= 0.3 is 0 Å². The number of aryl methyl sites for hydroxylation is 1. The minimum Gasteiger partial charge on any atom is -0.343 e. The third-order valence-electron chi connectivity index (χ3n) is 5.20. The van der Waals surface area contributed by atoms with Crippen molar-refractivity contribution < 1.29 is 4.79 Å². The summed E-state index contributed by atoms with van der Waals surface area (Å²) in [6.07, 6.45) is 8.21. The van der Waals surface area contributed by atoms with Crippen LogP contribution in [0.1, 0.15) is 31.7 Å². The van der Waals surface area contributed by atoms with E-state index in [4.69, 9.17) is 0 Å². The van der Waals surface area contributed by atoms with E-state index >= 15 is 0 Å². The maximum absolute atomic E-state index is 12.6. The fourth-order valence-corrected chi connectivity index (χ4v) is 3.76. The van der Waals surface area contributed by atoms with Gasteiger partial charge in [0.05, 0.1) is 6.33 Å². The van der Waals surface area contributed by atoms with Gasteiger partial charge in [-0.3, -0.25) is 9.69 Å². The molecular weight excluding hydrogens is 324 g/mol. The molecule has 0 bridgehead atoms. The first-order valence-electron chi connectivity index (χ1n) is 9.74. The van der Waals surface area contributed by atoms with Crippen LogP contribution in [-0.4, -0.2) is 51.4 Å². The summed E-state index contributed by atoms with van der Waals surface area (Å²) < 4.78 is 2.03. The molecule has 0 unspecified atom stereocenters. The van der Waals surface area contributed by atoms with Gasteiger partial charge in [-0.15, -0.1) is 0 Å². The topological polar surface area (TPSA) is 41.4 Å². The Bertz CT molecular complexity index is 656. The monoisotopic (exact) mass is 354 g/mol. The van der Waals surface area contributed by atoms with Crippen molar-refractivity contribution in [2.24, 2.45) is 5.92 Å². The largest absolute Gasteiger partial charge is 0.343 e. The molecule has 0 aliphatic carbocycles. The Morgan fingerprint density at radius 3 is 2.88 bits per heavy atom. The fraction of sp³-hybridized carbons (Fsp3) is 0.524. The molecule has 0 radical (unpaired) electrons. The maximum atomic E-state index is 12.6. The summed E-state index contributed by atoms with van der Waals surface area (Å²) in [5.41, 5.74) is 1.37. The third-order valence-corrected chi connectivity index (χ3v) is 5.20. The standard InChI is InChI=1S/C21H30N4O/c1-2-25(21(26)9-6-12-23-14-11-22-18-23)17-20-10-13-24(16-20)15-19-7-4-3-5-8-19/h3-5,7-8,11,14,18,20H,2,6,9-10,12-13,15-17H2,1H3/t20-/m1/s1. The lowest BCUT2D eigenvalue weighted by atomic mass is 10.1. The molecular formula is C21H30N4O. The van der Waals surface area contributed by atoms with Gasteiger partial charge in [0.2, 0.25) is 5.91 Å². The van der Waals surface area contributed by atoms with E-state index in [1.54, 1.807) is 6.20 Å². The van der Waals surface area contributed by atoms with Crippen LogP contribution in [0.5, 0.6) is 0 Å². The van der Waals surface area contributed by atoms with Crippen LogP contribution in [0.15, 0.2) is 49.1 Å². The van der Waals surface area contributed by atoms with Crippen molar-refractivity contribution >= 4 is 5.91 Å². The summed E-state index contributed by atoms with van der Waals surface area (Å²) >= 11 is 0. The zero-order valence-corrected chi connectivity index (χ0v) is 15.8. The Morgan fingerprint density at radius 2 is 2.15 bits per heavy atom. The van der Waals surface area contributed by atoms with Gasteiger partial charge < -0.3 is 9.47 Å². The van der Waals surface area contributed by atoms with Gasteiger partial charge in [-0.05, 0) is 37.8 Å². The molecule has 0 saturated carbocycles. The molecule has 2 heterocycles. The van der Waals surface area contributed by atoms with E-state index in [0.29, 0.717) is 12.3 Å². The number of carbonyl (C=O) groups excluding carboxylic acids is 1. The van der Waals surface area contributed by atoms with Crippen molar-refractivity contribution in [2.45, 2.75) is 39.3 Å². The van der Waals surface area contributed by atoms with Gasteiger partial charge in [0.25, 0.3) is 0 Å². The number of benzene rings is 1. The van der Waals surface area contributed by atoms with E-state index < -0.39 is 0 Å². The van der Waals surface area contributed by atoms with Crippen LogP contribution in [0.4, 0.5) is 0 Å². The van der Waals surface area contributed by atoms with Crippen molar-refractivity contribution in [3.05, 3.63) is 54.6 Å². The highest BCUT2D eigenvalue weighted by atomic mass is 16.2. The van der Waals surface area contributed by atoms with Crippen LogP contribution in [-0.2, 0) is 17.9 Å². The van der Waals surface area contributed by atoms with Crippen molar-refractivity contribution in [3.63, 3.8) is 0 Å². The number of likely N-dealkylation sites (tertiary alicyclic amines) is 1. The number of imidazole rings is 1. The predicted molar refractivity (Wildman–Crippen MR) is 104 cm³/mol. The van der Waals surface area contributed by atoms with E-state index in [1.807, 2.05) is 22.0 Å². The second-order valence-electron chi connectivity index (χ2n) is 7.21. The molecule has 5 heteroatoms. The van der Waals surface area contributed by atoms with Crippen molar-refractivity contribution in [2.75, 3.05) is 26.2 Å². The van der Waals surface area contributed by atoms with Crippen LogP contribution < -0.4 is 0 Å². The lowest BCUT2D eigenvalue weighted by Crippen LogP contribution is -2.36. The van der Waals surface area contributed by atoms with Gasteiger partial charge in [-0.1, -0.05) is 30.3 Å². The zero-order chi connectivity index (χ0) is 18.2. The van der Waals surface area contributed by atoms with Gasteiger partial charge in [-0.25, -0.2) is 4.98 Å². The molecule has 1 aliphatic heterocycles. The number of aromatic nitrogens is 2. The molecule has 1 aromatic heterocycles. The van der Waals surface area contributed by atoms with E-state index in [2.05, 4.69) is 47.1 Å². The van der Waals surface area contributed by atoms with E-state index in [0.717, 1.165) is 45.7 Å². The summed E-state index contributed by atoms with van der Waals surface area (Å²) in [5, 5.41) is 0. The third kappa shape index (κ3) is 5.43. The lowest BCUT2D eigenvalue weighted by molar-refractivity contribution is -0.131. The average Bonchev–Trinajstić information content (AvgIpc) is 3.32. The molecule has 3 rings (SSSR count).